The van der Waals surface area contributed by atoms with Crippen molar-refractivity contribution in [2.45, 2.75) is 19.4 Å². The van der Waals surface area contributed by atoms with E-state index in [2.05, 4.69) is 12.2 Å². The van der Waals surface area contributed by atoms with Crippen molar-refractivity contribution < 1.29 is 9.84 Å². The first kappa shape index (κ1) is 20.6. The third-order valence-electron chi connectivity index (χ3n) is 5.32. The fourth-order valence-electron chi connectivity index (χ4n) is 3.38. The molecular weight excluding hydrogens is 388 g/mol. The SMILES string of the molecule is CCC(N)CNc1nc(-c2cc(-c3ccc(OC)cc3)ccc2O)nc2ccccc12. The first-order valence-electron chi connectivity index (χ1n) is 10.3. The van der Waals surface area contributed by atoms with Crippen LogP contribution in [0.2, 0.25) is 0 Å². The Hall–Kier alpha value is -3.64. The topological polar surface area (TPSA) is 93.3 Å². The molecule has 0 aliphatic heterocycles. The number of ether oxygens (including phenoxy) is 1. The lowest BCUT2D eigenvalue weighted by Crippen LogP contribution is -2.28. The van der Waals surface area contributed by atoms with Crippen molar-refractivity contribution in [1.29, 1.82) is 0 Å². The normalized spacial score (nSPS) is 12.0. The van der Waals surface area contributed by atoms with Crippen molar-refractivity contribution in [3.63, 3.8) is 0 Å². The zero-order chi connectivity index (χ0) is 21.8. The number of nitrogens with zero attached hydrogens (tertiary/aromatic N) is 2. The Balaban J connectivity index is 1.78. The molecule has 4 N–H and O–H groups in total. The van der Waals surface area contributed by atoms with Crippen LogP contribution in [0.25, 0.3) is 33.4 Å². The highest BCUT2D eigenvalue weighted by atomic mass is 16.5. The maximum Gasteiger partial charge on any atom is 0.165 e. The third kappa shape index (κ3) is 4.44. The summed E-state index contributed by atoms with van der Waals surface area (Å²) in [5.41, 5.74) is 9.42. The van der Waals surface area contributed by atoms with Crippen LogP contribution in [0.4, 0.5) is 5.82 Å². The summed E-state index contributed by atoms with van der Waals surface area (Å²) in [4.78, 5) is 9.46. The van der Waals surface area contributed by atoms with Gasteiger partial charge < -0.3 is 20.9 Å². The summed E-state index contributed by atoms with van der Waals surface area (Å²) in [6.45, 7) is 2.66. The Kier molecular flexibility index (Phi) is 6.00. The Labute approximate surface area is 181 Å². The minimum absolute atomic E-state index is 0.0315. The van der Waals surface area contributed by atoms with E-state index in [-0.39, 0.29) is 11.8 Å². The van der Waals surface area contributed by atoms with Crippen LogP contribution >= 0.6 is 0 Å². The number of nitrogens with two attached hydrogens (primary N) is 1. The molecule has 0 fully saturated rings. The van der Waals surface area contributed by atoms with E-state index in [1.807, 2.05) is 60.7 Å². The summed E-state index contributed by atoms with van der Waals surface area (Å²) in [7, 11) is 1.64. The third-order valence-corrected chi connectivity index (χ3v) is 5.32. The second-order valence-corrected chi connectivity index (χ2v) is 7.42. The van der Waals surface area contributed by atoms with Crippen molar-refractivity contribution in [2.24, 2.45) is 5.73 Å². The lowest BCUT2D eigenvalue weighted by atomic mass is 10.0. The number of aromatic hydroxyl groups is 1. The lowest BCUT2D eigenvalue weighted by Gasteiger charge is -2.14. The zero-order valence-corrected chi connectivity index (χ0v) is 17.7. The van der Waals surface area contributed by atoms with Crippen molar-refractivity contribution in [3.8, 4) is 34.0 Å². The largest absolute Gasteiger partial charge is 0.507 e. The van der Waals surface area contributed by atoms with Gasteiger partial charge in [-0.25, -0.2) is 9.97 Å². The number of rotatable bonds is 7. The van der Waals surface area contributed by atoms with Crippen LogP contribution in [-0.2, 0) is 0 Å². The molecule has 0 aliphatic rings. The van der Waals surface area contributed by atoms with E-state index in [4.69, 9.17) is 20.4 Å². The van der Waals surface area contributed by atoms with Crippen LogP contribution < -0.4 is 15.8 Å². The van der Waals surface area contributed by atoms with Crippen molar-refractivity contribution >= 4 is 16.7 Å². The molecule has 6 heteroatoms. The highest BCUT2D eigenvalue weighted by molar-refractivity contribution is 5.91. The maximum absolute atomic E-state index is 10.6. The van der Waals surface area contributed by atoms with Crippen LogP contribution in [0, 0.1) is 0 Å². The van der Waals surface area contributed by atoms with Crippen molar-refractivity contribution in [3.05, 3.63) is 66.7 Å². The molecule has 3 aromatic carbocycles. The highest BCUT2D eigenvalue weighted by Gasteiger charge is 2.14. The molecule has 1 unspecified atom stereocenters. The quantitative estimate of drug-likeness (QED) is 0.401. The number of aromatic nitrogens is 2. The van der Waals surface area contributed by atoms with Crippen LogP contribution in [0.5, 0.6) is 11.5 Å². The van der Waals surface area contributed by atoms with Gasteiger partial charge in [0.2, 0.25) is 0 Å². The number of hydrogen-bond donors (Lipinski definition) is 3. The molecule has 0 amide bonds. The van der Waals surface area contributed by atoms with Gasteiger partial charge in [-0.1, -0.05) is 37.3 Å². The molecule has 1 atom stereocenters. The predicted octanol–water partition coefficient (Wildman–Crippen LogP) is 4.83. The second-order valence-electron chi connectivity index (χ2n) is 7.42. The summed E-state index contributed by atoms with van der Waals surface area (Å²) < 4.78 is 5.24. The summed E-state index contributed by atoms with van der Waals surface area (Å²) in [5, 5.41) is 14.9. The Morgan fingerprint density at radius 1 is 1.00 bits per heavy atom. The molecule has 31 heavy (non-hydrogen) atoms. The molecule has 0 spiro atoms. The van der Waals surface area contributed by atoms with E-state index >= 15 is 0 Å². The number of phenolic OH excluding ortho intramolecular Hbond substituents is 1. The fraction of sp³-hybridized carbons (Fsp3) is 0.200. The summed E-state index contributed by atoms with van der Waals surface area (Å²) in [6, 6.07) is 21.1. The van der Waals surface area contributed by atoms with Gasteiger partial charge >= 0.3 is 0 Å². The zero-order valence-electron chi connectivity index (χ0n) is 17.7. The van der Waals surface area contributed by atoms with Gasteiger partial charge in [0.15, 0.2) is 5.82 Å². The lowest BCUT2D eigenvalue weighted by molar-refractivity contribution is 0.415. The first-order chi connectivity index (χ1) is 15.1. The van der Waals surface area contributed by atoms with E-state index in [1.54, 1.807) is 13.2 Å². The van der Waals surface area contributed by atoms with Gasteiger partial charge in [0.1, 0.15) is 17.3 Å². The number of phenols is 1. The van der Waals surface area contributed by atoms with E-state index in [0.717, 1.165) is 34.2 Å². The molecule has 0 aliphatic carbocycles. The van der Waals surface area contributed by atoms with E-state index in [0.29, 0.717) is 23.8 Å². The van der Waals surface area contributed by atoms with Gasteiger partial charge in [0.05, 0.1) is 18.2 Å². The minimum Gasteiger partial charge on any atom is -0.507 e. The fourth-order valence-corrected chi connectivity index (χ4v) is 3.38. The van der Waals surface area contributed by atoms with Gasteiger partial charge in [0, 0.05) is 18.0 Å². The molecule has 158 valence electrons. The molecule has 0 saturated carbocycles. The van der Waals surface area contributed by atoms with E-state index < -0.39 is 0 Å². The molecule has 1 aromatic heterocycles. The molecule has 0 bridgehead atoms. The van der Waals surface area contributed by atoms with Gasteiger partial charge in [-0.15, -0.1) is 0 Å². The molecular formula is C25H26N4O2. The number of nitrogens with one attached hydrogen (secondary N) is 1. The summed E-state index contributed by atoms with van der Waals surface area (Å²) in [5.74, 6) is 2.09. The molecule has 0 radical (unpaired) electrons. The average molecular weight is 415 g/mol. The van der Waals surface area contributed by atoms with Crippen LogP contribution in [0.3, 0.4) is 0 Å². The van der Waals surface area contributed by atoms with Gasteiger partial charge in [-0.05, 0) is 53.9 Å². The van der Waals surface area contributed by atoms with Crippen molar-refractivity contribution in [1.82, 2.24) is 9.97 Å². The van der Waals surface area contributed by atoms with Gasteiger partial charge in [-0.3, -0.25) is 0 Å². The Bertz CT molecular complexity index is 1190. The number of methoxy groups -OCH3 is 1. The molecule has 4 aromatic rings. The van der Waals surface area contributed by atoms with Gasteiger partial charge in [0.25, 0.3) is 0 Å². The second kappa shape index (κ2) is 9.02. The van der Waals surface area contributed by atoms with E-state index in [9.17, 15) is 5.11 Å². The van der Waals surface area contributed by atoms with E-state index in [1.165, 1.54) is 0 Å². The first-order valence-corrected chi connectivity index (χ1v) is 10.3. The van der Waals surface area contributed by atoms with Crippen LogP contribution in [-0.4, -0.2) is 34.8 Å². The Morgan fingerprint density at radius 2 is 1.74 bits per heavy atom. The average Bonchev–Trinajstić information content (AvgIpc) is 2.82. The number of hydrogen-bond acceptors (Lipinski definition) is 6. The smallest absolute Gasteiger partial charge is 0.165 e. The predicted molar refractivity (Wildman–Crippen MR) is 125 cm³/mol. The monoisotopic (exact) mass is 414 g/mol. The number of anilines is 1. The molecule has 1 heterocycles. The number of para-hydroxylation sites is 1. The summed E-state index contributed by atoms with van der Waals surface area (Å²) in [6.07, 6.45) is 0.869. The van der Waals surface area contributed by atoms with Crippen LogP contribution in [0.15, 0.2) is 66.7 Å². The summed E-state index contributed by atoms with van der Waals surface area (Å²) >= 11 is 0. The standard InChI is InChI=1S/C25H26N4O2/c1-3-18(26)15-27-24-20-6-4-5-7-22(20)28-25(29-24)21-14-17(10-13-23(21)30)16-8-11-19(31-2)12-9-16/h4-14,18,30H,3,15,26H2,1-2H3,(H,27,28,29). The maximum atomic E-state index is 10.6. The molecule has 6 nitrogen and oxygen atoms in total. The van der Waals surface area contributed by atoms with Gasteiger partial charge in [-0.2, -0.15) is 0 Å². The minimum atomic E-state index is 0.0315. The number of fused-ring (bicyclic) bond motifs is 1. The van der Waals surface area contributed by atoms with Crippen molar-refractivity contribution in [2.75, 3.05) is 19.0 Å². The van der Waals surface area contributed by atoms with Crippen LogP contribution in [0.1, 0.15) is 13.3 Å². The Morgan fingerprint density at radius 3 is 2.48 bits per heavy atom. The number of benzene rings is 3. The molecule has 4 rings (SSSR count). The molecule has 0 saturated heterocycles. The highest BCUT2D eigenvalue weighted by Crippen LogP contribution is 2.34.